The van der Waals surface area contributed by atoms with Crippen LogP contribution in [-0.4, -0.2) is 21.6 Å². The molecule has 0 aliphatic rings. The number of anilines is 1. The number of pyridine rings is 1. The molecule has 5 heteroatoms. The van der Waals surface area contributed by atoms with Crippen molar-refractivity contribution < 1.29 is 4.74 Å². The zero-order chi connectivity index (χ0) is 9.97. The molecule has 0 fully saturated rings. The zero-order valence-corrected chi connectivity index (χ0v) is 7.77. The lowest BCUT2D eigenvalue weighted by atomic mass is 10.3. The molecule has 0 aromatic carbocycles. The molecule has 0 bridgehead atoms. The van der Waals surface area contributed by atoms with Gasteiger partial charge in [-0.2, -0.15) is 4.98 Å². The van der Waals surface area contributed by atoms with Crippen molar-refractivity contribution in [2.24, 2.45) is 0 Å². The summed E-state index contributed by atoms with van der Waals surface area (Å²) in [5, 5.41) is 0.746. The van der Waals surface area contributed by atoms with Gasteiger partial charge in [0.05, 0.1) is 12.0 Å². The van der Waals surface area contributed by atoms with Gasteiger partial charge in [0.25, 0.3) is 0 Å². The summed E-state index contributed by atoms with van der Waals surface area (Å²) in [7, 11) is 0. The molecule has 2 rings (SSSR count). The van der Waals surface area contributed by atoms with E-state index >= 15 is 0 Å². The summed E-state index contributed by atoms with van der Waals surface area (Å²) in [6.07, 6.45) is 1.39. The van der Waals surface area contributed by atoms with Gasteiger partial charge in [-0.05, 0) is 13.0 Å². The Morgan fingerprint density at radius 3 is 3.00 bits per heavy atom. The van der Waals surface area contributed by atoms with Crippen LogP contribution in [0.5, 0.6) is 5.88 Å². The highest BCUT2D eigenvalue weighted by molar-refractivity contribution is 5.85. The first-order valence-electron chi connectivity index (χ1n) is 4.31. The number of rotatable bonds is 2. The lowest BCUT2D eigenvalue weighted by Gasteiger charge is -2.03. The van der Waals surface area contributed by atoms with E-state index in [9.17, 15) is 0 Å². The lowest BCUT2D eigenvalue weighted by Crippen LogP contribution is -1.98. The van der Waals surface area contributed by atoms with E-state index in [-0.39, 0.29) is 0 Å². The van der Waals surface area contributed by atoms with Crippen molar-refractivity contribution in [2.75, 3.05) is 12.3 Å². The van der Waals surface area contributed by atoms with E-state index in [1.807, 2.05) is 13.0 Å². The van der Waals surface area contributed by atoms with Gasteiger partial charge in [0.15, 0.2) is 5.65 Å². The molecule has 0 radical (unpaired) electrons. The average Bonchev–Trinajstić information content (AvgIpc) is 2.18. The average molecular weight is 190 g/mol. The monoisotopic (exact) mass is 190 g/mol. The Labute approximate surface area is 81.0 Å². The van der Waals surface area contributed by atoms with Crippen LogP contribution in [0.15, 0.2) is 18.5 Å². The SMILES string of the molecule is CCOc1ccc2c(N)ncnc2n1. The van der Waals surface area contributed by atoms with E-state index < -0.39 is 0 Å². The minimum absolute atomic E-state index is 0.436. The van der Waals surface area contributed by atoms with Crippen LogP contribution in [0.1, 0.15) is 6.92 Å². The van der Waals surface area contributed by atoms with Gasteiger partial charge in [-0.3, -0.25) is 0 Å². The van der Waals surface area contributed by atoms with Crippen LogP contribution in [-0.2, 0) is 0 Å². The Morgan fingerprint density at radius 2 is 2.21 bits per heavy atom. The standard InChI is InChI=1S/C9H10N4O/c1-2-14-7-4-3-6-8(10)11-5-12-9(6)13-7/h3-5H,2H2,1H3,(H2,10,11,12,13). The van der Waals surface area contributed by atoms with Crippen LogP contribution in [0.3, 0.4) is 0 Å². The number of nitrogen functional groups attached to an aromatic ring is 1. The molecule has 2 heterocycles. The molecular weight excluding hydrogens is 180 g/mol. The quantitative estimate of drug-likeness (QED) is 0.764. The first-order chi connectivity index (χ1) is 6.81. The third-order valence-corrected chi connectivity index (χ3v) is 1.79. The molecule has 5 nitrogen and oxygen atoms in total. The van der Waals surface area contributed by atoms with Gasteiger partial charge in [-0.1, -0.05) is 0 Å². The van der Waals surface area contributed by atoms with Crippen LogP contribution in [0, 0.1) is 0 Å². The predicted octanol–water partition coefficient (Wildman–Crippen LogP) is 1.01. The molecule has 0 atom stereocenters. The maximum atomic E-state index is 5.65. The Bertz CT molecular complexity index is 458. The molecule has 0 spiro atoms. The first kappa shape index (κ1) is 8.68. The van der Waals surface area contributed by atoms with Crippen molar-refractivity contribution in [3.05, 3.63) is 18.5 Å². The summed E-state index contributed by atoms with van der Waals surface area (Å²) in [4.78, 5) is 12.0. The van der Waals surface area contributed by atoms with Crippen LogP contribution >= 0.6 is 0 Å². The summed E-state index contributed by atoms with van der Waals surface area (Å²) in [6.45, 7) is 2.49. The van der Waals surface area contributed by atoms with E-state index in [1.165, 1.54) is 6.33 Å². The fourth-order valence-corrected chi connectivity index (χ4v) is 1.17. The fraction of sp³-hybridized carbons (Fsp3) is 0.222. The topological polar surface area (TPSA) is 73.9 Å². The third-order valence-electron chi connectivity index (χ3n) is 1.79. The molecule has 0 saturated carbocycles. The zero-order valence-electron chi connectivity index (χ0n) is 7.77. The maximum Gasteiger partial charge on any atom is 0.215 e. The first-order valence-corrected chi connectivity index (χ1v) is 4.31. The minimum atomic E-state index is 0.436. The third kappa shape index (κ3) is 1.44. The Hall–Kier alpha value is -1.91. The van der Waals surface area contributed by atoms with Crippen molar-refractivity contribution in [2.45, 2.75) is 6.92 Å². The molecule has 0 aliphatic heterocycles. The lowest BCUT2D eigenvalue weighted by molar-refractivity contribution is 0.328. The van der Waals surface area contributed by atoms with Crippen molar-refractivity contribution in [3.8, 4) is 5.88 Å². The summed E-state index contributed by atoms with van der Waals surface area (Å²) in [5.41, 5.74) is 6.21. The highest BCUT2D eigenvalue weighted by atomic mass is 16.5. The number of nitrogens with zero attached hydrogens (tertiary/aromatic N) is 3. The number of nitrogens with two attached hydrogens (primary N) is 1. The number of ether oxygens (including phenoxy) is 1. The van der Waals surface area contributed by atoms with E-state index in [1.54, 1.807) is 6.07 Å². The second-order valence-corrected chi connectivity index (χ2v) is 2.71. The van der Waals surface area contributed by atoms with Crippen molar-refractivity contribution in [3.63, 3.8) is 0 Å². The van der Waals surface area contributed by atoms with Crippen LogP contribution in [0.4, 0.5) is 5.82 Å². The molecule has 14 heavy (non-hydrogen) atoms. The van der Waals surface area contributed by atoms with E-state index in [2.05, 4.69) is 15.0 Å². The molecule has 2 aromatic rings. The molecule has 2 aromatic heterocycles. The van der Waals surface area contributed by atoms with Gasteiger partial charge in [0.2, 0.25) is 5.88 Å². The Morgan fingerprint density at radius 1 is 1.36 bits per heavy atom. The maximum absolute atomic E-state index is 5.65. The second kappa shape index (κ2) is 3.45. The number of aromatic nitrogens is 3. The van der Waals surface area contributed by atoms with Gasteiger partial charge >= 0.3 is 0 Å². The Kier molecular flexibility index (Phi) is 2.14. The van der Waals surface area contributed by atoms with E-state index in [0.29, 0.717) is 24.0 Å². The van der Waals surface area contributed by atoms with Crippen molar-refractivity contribution in [1.82, 2.24) is 15.0 Å². The smallest absolute Gasteiger partial charge is 0.215 e. The van der Waals surface area contributed by atoms with Gasteiger partial charge in [-0.25, -0.2) is 9.97 Å². The van der Waals surface area contributed by atoms with Crippen molar-refractivity contribution >= 4 is 16.9 Å². The van der Waals surface area contributed by atoms with Crippen LogP contribution in [0.25, 0.3) is 11.0 Å². The fourth-order valence-electron chi connectivity index (χ4n) is 1.17. The Balaban J connectivity index is 2.56. The summed E-state index contributed by atoms with van der Waals surface area (Å²) in [5.74, 6) is 0.989. The number of hydrogen-bond donors (Lipinski definition) is 1. The number of hydrogen-bond acceptors (Lipinski definition) is 5. The van der Waals surface area contributed by atoms with Gasteiger partial charge < -0.3 is 10.5 Å². The van der Waals surface area contributed by atoms with E-state index in [0.717, 1.165) is 5.39 Å². The summed E-state index contributed by atoms with van der Waals surface area (Å²) < 4.78 is 5.24. The van der Waals surface area contributed by atoms with E-state index in [4.69, 9.17) is 10.5 Å². The molecule has 0 amide bonds. The molecule has 72 valence electrons. The summed E-state index contributed by atoms with van der Waals surface area (Å²) >= 11 is 0. The highest BCUT2D eigenvalue weighted by Gasteiger charge is 2.02. The van der Waals surface area contributed by atoms with Crippen LogP contribution in [0.2, 0.25) is 0 Å². The van der Waals surface area contributed by atoms with Gasteiger partial charge in [0.1, 0.15) is 12.1 Å². The second-order valence-electron chi connectivity index (χ2n) is 2.71. The molecule has 2 N–H and O–H groups in total. The minimum Gasteiger partial charge on any atom is -0.478 e. The largest absolute Gasteiger partial charge is 0.478 e. The normalized spacial score (nSPS) is 10.4. The summed E-state index contributed by atoms with van der Waals surface area (Å²) in [6, 6.07) is 3.56. The molecule has 0 aliphatic carbocycles. The van der Waals surface area contributed by atoms with Crippen LogP contribution < -0.4 is 10.5 Å². The number of fused-ring (bicyclic) bond motifs is 1. The molecular formula is C9H10N4O. The molecule has 0 unspecified atom stereocenters. The molecule has 0 saturated heterocycles. The highest BCUT2D eigenvalue weighted by Crippen LogP contribution is 2.17. The van der Waals surface area contributed by atoms with Crippen molar-refractivity contribution in [1.29, 1.82) is 0 Å². The van der Waals surface area contributed by atoms with Gasteiger partial charge in [-0.15, -0.1) is 0 Å². The van der Waals surface area contributed by atoms with Gasteiger partial charge in [0, 0.05) is 6.07 Å². The predicted molar refractivity (Wildman–Crippen MR) is 52.9 cm³/mol.